The van der Waals surface area contributed by atoms with E-state index in [2.05, 4.69) is 5.32 Å². The molecule has 0 saturated heterocycles. The Kier molecular flexibility index (Phi) is 4.86. The SMILES string of the molecule is O=C(NCCCO)c1ccc(Cl)c([N+](=O)[O-])c1. The van der Waals surface area contributed by atoms with E-state index in [1.165, 1.54) is 12.1 Å². The molecule has 0 spiro atoms. The van der Waals surface area contributed by atoms with Crippen LogP contribution in [0.2, 0.25) is 5.02 Å². The van der Waals surface area contributed by atoms with Crippen molar-refractivity contribution in [2.75, 3.05) is 13.2 Å². The monoisotopic (exact) mass is 258 g/mol. The molecule has 0 fully saturated rings. The van der Waals surface area contributed by atoms with Crippen molar-refractivity contribution >= 4 is 23.2 Å². The van der Waals surface area contributed by atoms with Crippen molar-refractivity contribution in [3.63, 3.8) is 0 Å². The minimum absolute atomic E-state index is 0.0121. The van der Waals surface area contributed by atoms with Gasteiger partial charge in [0.05, 0.1) is 4.92 Å². The zero-order valence-electron chi connectivity index (χ0n) is 8.85. The number of hydrogen-bond acceptors (Lipinski definition) is 4. The molecule has 0 aliphatic heterocycles. The van der Waals surface area contributed by atoms with Gasteiger partial charge in [-0.15, -0.1) is 0 Å². The average Bonchev–Trinajstić information content (AvgIpc) is 2.29. The Morgan fingerprint density at radius 2 is 2.24 bits per heavy atom. The first-order valence-corrected chi connectivity index (χ1v) is 5.27. The first-order valence-electron chi connectivity index (χ1n) is 4.89. The third-order valence-electron chi connectivity index (χ3n) is 2.03. The number of aliphatic hydroxyl groups is 1. The summed E-state index contributed by atoms with van der Waals surface area (Å²) in [5.41, 5.74) is -0.138. The van der Waals surface area contributed by atoms with Crippen LogP contribution < -0.4 is 5.32 Å². The van der Waals surface area contributed by atoms with E-state index in [1.54, 1.807) is 0 Å². The molecule has 2 N–H and O–H groups in total. The van der Waals surface area contributed by atoms with Crippen LogP contribution in [0.25, 0.3) is 0 Å². The maximum absolute atomic E-state index is 11.5. The molecule has 0 atom stereocenters. The number of aliphatic hydroxyl groups excluding tert-OH is 1. The zero-order chi connectivity index (χ0) is 12.8. The quantitative estimate of drug-likeness (QED) is 0.474. The Bertz CT molecular complexity index is 436. The van der Waals surface area contributed by atoms with Gasteiger partial charge in [-0.3, -0.25) is 14.9 Å². The van der Waals surface area contributed by atoms with Crippen molar-refractivity contribution in [2.45, 2.75) is 6.42 Å². The molecule has 7 heteroatoms. The largest absolute Gasteiger partial charge is 0.396 e. The fourth-order valence-corrected chi connectivity index (χ4v) is 1.36. The van der Waals surface area contributed by atoms with E-state index in [-0.39, 0.29) is 22.9 Å². The Labute approximate surface area is 102 Å². The van der Waals surface area contributed by atoms with E-state index < -0.39 is 10.8 Å². The summed E-state index contributed by atoms with van der Waals surface area (Å²) in [6, 6.07) is 3.83. The molecule has 1 amide bonds. The highest BCUT2D eigenvalue weighted by atomic mass is 35.5. The van der Waals surface area contributed by atoms with Crippen LogP contribution in [0.4, 0.5) is 5.69 Å². The number of carbonyl (C=O) groups excluding carboxylic acids is 1. The first-order chi connectivity index (χ1) is 8.06. The molecule has 1 aromatic carbocycles. The highest BCUT2D eigenvalue weighted by Crippen LogP contribution is 2.24. The lowest BCUT2D eigenvalue weighted by molar-refractivity contribution is -0.384. The van der Waals surface area contributed by atoms with Crippen LogP contribution in [-0.2, 0) is 0 Å². The summed E-state index contributed by atoms with van der Waals surface area (Å²) in [4.78, 5) is 21.5. The van der Waals surface area contributed by atoms with Crippen LogP contribution >= 0.6 is 11.6 Å². The van der Waals surface area contributed by atoms with Gasteiger partial charge in [-0.2, -0.15) is 0 Å². The molecule has 1 rings (SSSR count). The predicted octanol–water partition coefficient (Wildman–Crippen LogP) is 1.36. The summed E-state index contributed by atoms with van der Waals surface area (Å²) < 4.78 is 0. The van der Waals surface area contributed by atoms with Gasteiger partial charge in [-0.25, -0.2) is 0 Å². The molecular weight excluding hydrogens is 248 g/mol. The van der Waals surface area contributed by atoms with E-state index >= 15 is 0 Å². The van der Waals surface area contributed by atoms with Gasteiger partial charge in [0, 0.05) is 24.8 Å². The molecule has 0 radical (unpaired) electrons. The van der Waals surface area contributed by atoms with Gasteiger partial charge in [-0.05, 0) is 18.6 Å². The summed E-state index contributed by atoms with van der Waals surface area (Å²) in [7, 11) is 0. The average molecular weight is 259 g/mol. The van der Waals surface area contributed by atoms with Crippen molar-refractivity contribution in [2.24, 2.45) is 0 Å². The molecule has 0 aromatic heterocycles. The molecular formula is C10H11ClN2O4. The lowest BCUT2D eigenvalue weighted by Gasteiger charge is -2.04. The van der Waals surface area contributed by atoms with E-state index in [1.807, 2.05) is 0 Å². The summed E-state index contributed by atoms with van der Waals surface area (Å²) in [6.07, 6.45) is 0.432. The number of nitro groups is 1. The number of halogens is 1. The number of carbonyl (C=O) groups is 1. The minimum Gasteiger partial charge on any atom is -0.396 e. The molecule has 17 heavy (non-hydrogen) atoms. The van der Waals surface area contributed by atoms with Crippen molar-refractivity contribution < 1.29 is 14.8 Å². The van der Waals surface area contributed by atoms with Crippen molar-refractivity contribution in [1.82, 2.24) is 5.32 Å². The van der Waals surface area contributed by atoms with Crippen LogP contribution in [0, 0.1) is 10.1 Å². The van der Waals surface area contributed by atoms with Gasteiger partial charge in [0.15, 0.2) is 0 Å². The number of nitro benzene ring substituents is 1. The fraction of sp³-hybridized carbons (Fsp3) is 0.300. The zero-order valence-corrected chi connectivity index (χ0v) is 9.61. The summed E-state index contributed by atoms with van der Waals surface area (Å²) in [5, 5.41) is 21.7. The number of nitrogens with zero attached hydrogens (tertiary/aromatic N) is 1. The van der Waals surface area contributed by atoms with E-state index in [9.17, 15) is 14.9 Å². The van der Waals surface area contributed by atoms with Gasteiger partial charge in [0.2, 0.25) is 0 Å². The normalized spacial score (nSPS) is 10.0. The Morgan fingerprint density at radius 1 is 1.53 bits per heavy atom. The number of benzene rings is 1. The molecule has 0 saturated carbocycles. The van der Waals surface area contributed by atoms with Gasteiger partial charge < -0.3 is 10.4 Å². The Balaban J connectivity index is 2.81. The number of amides is 1. The van der Waals surface area contributed by atoms with Gasteiger partial charge >= 0.3 is 0 Å². The Morgan fingerprint density at radius 3 is 2.82 bits per heavy atom. The second-order valence-corrected chi connectivity index (χ2v) is 3.66. The van der Waals surface area contributed by atoms with E-state index in [4.69, 9.17) is 16.7 Å². The second kappa shape index (κ2) is 6.17. The maximum atomic E-state index is 11.5. The molecule has 6 nitrogen and oxygen atoms in total. The highest BCUT2D eigenvalue weighted by molar-refractivity contribution is 6.32. The van der Waals surface area contributed by atoms with E-state index in [0.717, 1.165) is 6.07 Å². The molecule has 0 aliphatic carbocycles. The smallest absolute Gasteiger partial charge is 0.288 e. The van der Waals surface area contributed by atoms with E-state index in [0.29, 0.717) is 13.0 Å². The maximum Gasteiger partial charge on any atom is 0.288 e. The summed E-state index contributed by atoms with van der Waals surface area (Å²) in [6.45, 7) is 0.285. The molecule has 1 aromatic rings. The van der Waals surface area contributed by atoms with Gasteiger partial charge in [0.25, 0.3) is 11.6 Å². The van der Waals surface area contributed by atoms with Crippen LogP contribution in [0.15, 0.2) is 18.2 Å². The Hall–Kier alpha value is -1.66. The molecule has 0 bridgehead atoms. The number of rotatable bonds is 5. The minimum atomic E-state index is -0.646. The predicted molar refractivity (Wildman–Crippen MR) is 62.1 cm³/mol. The van der Waals surface area contributed by atoms with Crippen LogP contribution in [-0.4, -0.2) is 29.1 Å². The lowest BCUT2D eigenvalue weighted by atomic mass is 10.2. The second-order valence-electron chi connectivity index (χ2n) is 3.26. The third-order valence-corrected chi connectivity index (χ3v) is 2.35. The van der Waals surface area contributed by atoms with Crippen molar-refractivity contribution in [3.8, 4) is 0 Å². The molecule has 92 valence electrons. The highest BCUT2D eigenvalue weighted by Gasteiger charge is 2.15. The third kappa shape index (κ3) is 3.69. The number of nitrogens with one attached hydrogen (secondary N) is 1. The summed E-state index contributed by atoms with van der Waals surface area (Å²) >= 11 is 5.62. The van der Waals surface area contributed by atoms with Gasteiger partial charge in [-0.1, -0.05) is 11.6 Å². The van der Waals surface area contributed by atoms with Crippen molar-refractivity contribution in [1.29, 1.82) is 0 Å². The van der Waals surface area contributed by atoms with Crippen LogP contribution in [0.5, 0.6) is 0 Å². The first kappa shape index (κ1) is 13.4. The van der Waals surface area contributed by atoms with Gasteiger partial charge in [0.1, 0.15) is 5.02 Å². The van der Waals surface area contributed by atoms with Crippen LogP contribution in [0.3, 0.4) is 0 Å². The molecule has 0 unspecified atom stereocenters. The molecule has 0 aliphatic rings. The standard InChI is InChI=1S/C10H11ClN2O4/c11-8-3-2-7(6-9(8)13(16)17)10(15)12-4-1-5-14/h2-3,6,14H,1,4-5H2,(H,12,15). The topological polar surface area (TPSA) is 92.5 Å². The summed E-state index contributed by atoms with van der Waals surface area (Å²) in [5.74, 6) is -0.432. The fourth-order valence-electron chi connectivity index (χ4n) is 1.18. The molecule has 0 heterocycles. The van der Waals surface area contributed by atoms with Crippen molar-refractivity contribution in [3.05, 3.63) is 38.9 Å². The van der Waals surface area contributed by atoms with Crippen LogP contribution in [0.1, 0.15) is 16.8 Å². The lowest BCUT2D eigenvalue weighted by Crippen LogP contribution is -2.25. The number of hydrogen-bond donors (Lipinski definition) is 2.